The number of aryl methyl sites for hydroxylation is 1. The van der Waals surface area contributed by atoms with E-state index in [0.29, 0.717) is 37.5 Å². The first-order chi connectivity index (χ1) is 14.5. The van der Waals surface area contributed by atoms with E-state index in [4.69, 9.17) is 4.84 Å². The topological polar surface area (TPSA) is 110 Å². The van der Waals surface area contributed by atoms with Crippen molar-refractivity contribution < 1.29 is 14.4 Å². The Morgan fingerprint density at radius 3 is 2.97 bits per heavy atom. The molecule has 0 saturated carbocycles. The summed E-state index contributed by atoms with van der Waals surface area (Å²) >= 11 is 0. The largest absolute Gasteiger partial charge is 0.386 e. The van der Waals surface area contributed by atoms with E-state index in [1.807, 2.05) is 26.0 Å². The van der Waals surface area contributed by atoms with Crippen molar-refractivity contribution in [2.45, 2.75) is 45.3 Å². The summed E-state index contributed by atoms with van der Waals surface area (Å²) in [5.41, 5.74) is 2.57. The average Bonchev–Trinajstić information content (AvgIpc) is 3.17. The van der Waals surface area contributed by atoms with Gasteiger partial charge in [-0.05, 0) is 38.3 Å². The molecule has 0 aromatic carbocycles. The van der Waals surface area contributed by atoms with Crippen LogP contribution in [-0.2, 0) is 16.2 Å². The van der Waals surface area contributed by atoms with Crippen molar-refractivity contribution in [1.82, 2.24) is 25.2 Å². The van der Waals surface area contributed by atoms with Crippen LogP contribution < -0.4 is 5.32 Å². The molecule has 2 amide bonds. The van der Waals surface area contributed by atoms with E-state index in [2.05, 4.69) is 25.4 Å². The number of nitrogens with one attached hydrogen (secondary N) is 1. The van der Waals surface area contributed by atoms with Gasteiger partial charge in [0, 0.05) is 43.2 Å². The third-order valence-electron chi connectivity index (χ3n) is 5.64. The van der Waals surface area contributed by atoms with Crippen molar-refractivity contribution in [1.29, 1.82) is 0 Å². The summed E-state index contributed by atoms with van der Waals surface area (Å²) in [4.78, 5) is 45.4. The standard InChI is InChI=1S/C21H24N6O3/c1-14-15(2)24-13-25-18(14)20(29)27-8-4-6-21(12-27)9-17(26-30-21)19(28)23-11-16-5-3-7-22-10-16/h3,5,7,10,13H,4,6,8-9,11-12H2,1-2H3,(H,23,28). The third-order valence-corrected chi connectivity index (χ3v) is 5.64. The molecule has 1 fully saturated rings. The van der Waals surface area contributed by atoms with Crippen LogP contribution in [0.15, 0.2) is 36.0 Å². The van der Waals surface area contributed by atoms with Gasteiger partial charge in [-0.1, -0.05) is 11.2 Å². The maximum Gasteiger partial charge on any atom is 0.273 e. The minimum absolute atomic E-state index is 0.143. The Labute approximate surface area is 174 Å². The lowest BCUT2D eigenvalue weighted by Crippen LogP contribution is -2.51. The smallest absolute Gasteiger partial charge is 0.273 e. The molecule has 156 valence electrons. The molecule has 1 N–H and O–H groups in total. The number of oxime groups is 1. The van der Waals surface area contributed by atoms with Gasteiger partial charge in [0.2, 0.25) is 0 Å². The van der Waals surface area contributed by atoms with Crippen molar-refractivity contribution in [3.05, 3.63) is 53.4 Å². The van der Waals surface area contributed by atoms with Crippen LogP contribution in [0.2, 0.25) is 0 Å². The lowest BCUT2D eigenvalue weighted by Gasteiger charge is -2.38. The Morgan fingerprint density at radius 1 is 1.30 bits per heavy atom. The number of rotatable bonds is 4. The predicted molar refractivity (Wildman–Crippen MR) is 109 cm³/mol. The van der Waals surface area contributed by atoms with Gasteiger partial charge in [0.25, 0.3) is 11.8 Å². The Kier molecular flexibility index (Phi) is 5.43. The monoisotopic (exact) mass is 408 g/mol. The maximum atomic E-state index is 13.0. The molecule has 2 aromatic rings. The van der Waals surface area contributed by atoms with Gasteiger partial charge < -0.3 is 15.1 Å². The fourth-order valence-corrected chi connectivity index (χ4v) is 3.82. The van der Waals surface area contributed by atoms with Crippen LogP contribution in [0.25, 0.3) is 0 Å². The molecule has 0 aliphatic carbocycles. The second-order valence-corrected chi connectivity index (χ2v) is 7.80. The van der Waals surface area contributed by atoms with E-state index in [1.54, 1.807) is 17.3 Å². The van der Waals surface area contributed by atoms with Crippen LogP contribution in [0.1, 0.15) is 46.6 Å². The summed E-state index contributed by atoms with van der Waals surface area (Å²) in [5.74, 6) is -0.406. The summed E-state index contributed by atoms with van der Waals surface area (Å²) in [5, 5.41) is 6.90. The van der Waals surface area contributed by atoms with Crippen molar-refractivity contribution in [3.63, 3.8) is 0 Å². The average molecular weight is 408 g/mol. The van der Waals surface area contributed by atoms with Crippen LogP contribution in [0.5, 0.6) is 0 Å². The zero-order valence-electron chi connectivity index (χ0n) is 17.1. The predicted octanol–water partition coefficient (Wildman–Crippen LogP) is 1.56. The van der Waals surface area contributed by atoms with Gasteiger partial charge in [0.1, 0.15) is 17.7 Å². The van der Waals surface area contributed by atoms with Crippen LogP contribution in [0.3, 0.4) is 0 Å². The summed E-state index contributed by atoms with van der Waals surface area (Å²) < 4.78 is 0. The molecule has 1 atom stereocenters. The maximum absolute atomic E-state index is 13.0. The first-order valence-corrected chi connectivity index (χ1v) is 9.97. The van der Waals surface area contributed by atoms with E-state index < -0.39 is 5.60 Å². The highest BCUT2D eigenvalue weighted by molar-refractivity contribution is 6.39. The van der Waals surface area contributed by atoms with Crippen molar-refractivity contribution >= 4 is 17.5 Å². The molecule has 2 aliphatic heterocycles. The highest BCUT2D eigenvalue weighted by Crippen LogP contribution is 2.34. The van der Waals surface area contributed by atoms with Gasteiger partial charge in [-0.3, -0.25) is 14.6 Å². The lowest BCUT2D eigenvalue weighted by atomic mass is 9.87. The molecule has 0 bridgehead atoms. The van der Waals surface area contributed by atoms with E-state index in [9.17, 15) is 9.59 Å². The molecule has 4 heterocycles. The highest BCUT2D eigenvalue weighted by atomic mass is 16.7. The quantitative estimate of drug-likeness (QED) is 0.822. The molecule has 2 aromatic heterocycles. The molecule has 9 nitrogen and oxygen atoms in total. The van der Waals surface area contributed by atoms with Crippen LogP contribution in [0, 0.1) is 13.8 Å². The number of likely N-dealkylation sites (tertiary alicyclic amines) is 1. The number of carbonyl (C=O) groups excluding carboxylic acids is 2. The SMILES string of the molecule is Cc1ncnc(C(=O)N2CCCC3(CC(C(=O)NCc4cccnc4)=NO3)C2)c1C. The second kappa shape index (κ2) is 8.17. The molecule has 4 rings (SSSR count). The summed E-state index contributed by atoms with van der Waals surface area (Å²) in [6.45, 7) is 5.07. The number of carbonyl (C=O) groups is 2. The highest BCUT2D eigenvalue weighted by Gasteiger charge is 2.46. The summed E-state index contributed by atoms with van der Waals surface area (Å²) in [7, 11) is 0. The minimum Gasteiger partial charge on any atom is -0.386 e. The summed E-state index contributed by atoms with van der Waals surface area (Å²) in [6.07, 6.45) is 6.68. The molecule has 1 spiro atoms. The number of hydrogen-bond acceptors (Lipinski definition) is 7. The van der Waals surface area contributed by atoms with E-state index in [-0.39, 0.29) is 11.8 Å². The van der Waals surface area contributed by atoms with Gasteiger partial charge >= 0.3 is 0 Å². The minimum atomic E-state index is -0.662. The fraction of sp³-hybridized carbons (Fsp3) is 0.429. The van der Waals surface area contributed by atoms with Gasteiger partial charge in [0.05, 0.1) is 6.54 Å². The number of amides is 2. The molecule has 2 aliphatic rings. The van der Waals surface area contributed by atoms with Crippen molar-refractivity contribution in [2.75, 3.05) is 13.1 Å². The van der Waals surface area contributed by atoms with Crippen molar-refractivity contribution in [3.8, 4) is 0 Å². The normalized spacial score (nSPS) is 20.6. The fourth-order valence-electron chi connectivity index (χ4n) is 3.82. The summed E-state index contributed by atoms with van der Waals surface area (Å²) in [6, 6.07) is 3.71. The number of piperidine rings is 1. The van der Waals surface area contributed by atoms with Gasteiger partial charge in [-0.25, -0.2) is 9.97 Å². The Bertz CT molecular complexity index is 993. The van der Waals surface area contributed by atoms with Crippen LogP contribution in [0.4, 0.5) is 0 Å². The Balaban J connectivity index is 1.39. The molecular formula is C21H24N6O3. The molecule has 9 heteroatoms. The van der Waals surface area contributed by atoms with E-state index in [1.165, 1.54) is 6.33 Å². The van der Waals surface area contributed by atoms with E-state index in [0.717, 1.165) is 29.7 Å². The molecule has 0 radical (unpaired) electrons. The zero-order chi connectivity index (χ0) is 21.1. The van der Waals surface area contributed by atoms with Gasteiger partial charge in [-0.15, -0.1) is 0 Å². The molecular weight excluding hydrogens is 384 g/mol. The first kappa shape index (κ1) is 19.9. The molecule has 30 heavy (non-hydrogen) atoms. The first-order valence-electron chi connectivity index (χ1n) is 9.97. The van der Waals surface area contributed by atoms with Crippen LogP contribution >= 0.6 is 0 Å². The Hall–Kier alpha value is -3.36. The van der Waals surface area contributed by atoms with Gasteiger partial charge in [0.15, 0.2) is 5.60 Å². The number of aromatic nitrogens is 3. The van der Waals surface area contributed by atoms with Crippen LogP contribution in [-0.4, -0.2) is 56.1 Å². The van der Waals surface area contributed by atoms with E-state index >= 15 is 0 Å². The van der Waals surface area contributed by atoms with Crippen molar-refractivity contribution in [2.24, 2.45) is 5.16 Å². The molecule has 1 saturated heterocycles. The lowest BCUT2D eigenvalue weighted by molar-refractivity contribution is -0.115. The third kappa shape index (κ3) is 4.00. The molecule has 1 unspecified atom stereocenters. The number of pyridine rings is 1. The Morgan fingerprint density at radius 2 is 2.17 bits per heavy atom. The zero-order valence-corrected chi connectivity index (χ0v) is 17.1. The number of hydrogen-bond donors (Lipinski definition) is 1. The second-order valence-electron chi connectivity index (χ2n) is 7.80. The number of nitrogens with zero attached hydrogens (tertiary/aromatic N) is 5. The van der Waals surface area contributed by atoms with Gasteiger partial charge in [-0.2, -0.15) is 0 Å².